The fraction of sp³-hybridized carbons (Fsp3) is 0.455. The van der Waals surface area contributed by atoms with Gasteiger partial charge < -0.3 is 14.4 Å². The SMILES string of the molecule is COCCn1c(C)ccc(CC(=O)O)c1=O. The van der Waals surface area contributed by atoms with Crippen molar-refractivity contribution >= 4 is 5.97 Å². The monoisotopic (exact) mass is 225 g/mol. The first-order chi connectivity index (χ1) is 7.56. The van der Waals surface area contributed by atoms with E-state index in [0.29, 0.717) is 18.7 Å². The van der Waals surface area contributed by atoms with Gasteiger partial charge in [0, 0.05) is 24.9 Å². The number of carbonyl (C=O) groups is 1. The van der Waals surface area contributed by atoms with E-state index in [0.717, 1.165) is 5.69 Å². The van der Waals surface area contributed by atoms with Crippen molar-refractivity contribution in [2.45, 2.75) is 19.9 Å². The third kappa shape index (κ3) is 2.93. The molecule has 0 fully saturated rings. The molecule has 5 heteroatoms. The Morgan fingerprint density at radius 2 is 2.19 bits per heavy atom. The van der Waals surface area contributed by atoms with Crippen molar-refractivity contribution in [1.29, 1.82) is 0 Å². The molecule has 0 radical (unpaired) electrons. The Kier molecular flexibility index (Phi) is 4.25. The summed E-state index contributed by atoms with van der Waals surface area (Å²) in [5.74, 6) is -1.00. The molecule has 1 heterocycles. The third-order valence-corrected chi connectivity index (χ3v) is 2.33. The smallest absolute Gasteiger partial charge is 0.308 e. The van der Waals surface area contributed by atoms with Gasteiger partial charge in [-0.1, -0.05) is 6.07 Å². The minimum atomic E-state index is -1.00. The summed E-state index contributed by atoms with van der Waals surface area (Å²) in [6, 6.07) is 3.31. The highest BCUT2D eigenvalue weighted by atomic mass is 16.5. The van der Waals surface area contributed by atoms with E-state index in [2.05, 4.69) is 0 Å². The van der Waals surface area contributed by atoms with Gasteiger partial charge in [0.05, 0.1) is 13.0 Å². The van der Waals surface area contributed by atoms with Crippen molar-refractivity contribution in [3.8, 4) is 0 Å². The van der Waals surface area contributed by atoms with Crippen LogP contribution in [0.4, 0.5) is 0 Å². The molecule has 1 rings (SSSR count). The predicted molar refractivity (Wildman–Crippen MR) is 58.7 cm³/mol. The lowest BCUT2D eigenvalue weighted by molar-refractivity contribution is -0.136. The normalized spacial score (nSPS) is 10.4. The van der Waals surface area contributed by atoms with Crippen molar-refractivity contribution in [1.82, 2.24) is 4.57 Å². The van der Waals surface area contributed by atoms with Crippen LogP contribution in [-0.4, -0.2) is 29.4 Å². The molecular weight excluding hydrogens is 210 g/mol. The van der Waals surface area contributed by atoms with Crippen molar-refractivity contribution in [2.24, 2.45) is 0 Å². The van der Waals surface area contributed by atoms with E-state index < -0.39 is 5.97 Å². The molecule has 0 atom stereocenters. The summed E-state index contributed by atoms with van der Waals surface area (Å²) in [7, 11) is 1.56. The zero-order chi connectivity index (χ0) is 12.1. The molecule has 0 saturated carbocycles. The molecule has 1 N–H and O–H groups in total. The van der Waals surface area contributed by atoms with Gasteiger partial charge in [0.2, 0.25) is 0 Å². The van der Waals surface area contributed by atoms with Gasteiger partial charge in [0.1, 0.15) is 0 Å². The van der Waals surface area contributed by atoms with Crippen LogP contribution in [0.1, 0.15) is 11.3 Å². The summed E-state index contributed by atoms with van der Waals surface area (Å²) in [5.41, 5.74) is 0.852. The maximum atomic E-state index is 11.9. The number of hydrogen-bond acceptors (Lipinski definition) is 3. The van der Waals surface area contributed by atoms with Gasteiger partial charge >= 0.3 is 5.97 Å². The summed E-state index contributed by atoms with van der Waals surface area (Å²) in [5, 5.41) is 8.65. The van der Waals surface area contributed by atoms with Crippen molar-refractivity contribution < 1.29 is 14.6 Å². The second kappa shape index (κ2) is 5.46. The number of hydrogen-bond donors (Lipinski definition) is 1. The largest absolute Gasteiger partial charge is 0.481 e. The van der Waals surface area contributed by atoms with Gasteiger partial charge in [-0.2, -0.15) is 0 Å². The first-order valence-corrected chi connectivity index (χ1v) is 4.96. The fourth-order valence-corrected chi connectivity index (χ4v) is 1.47. The molecular formula is C11H15NO4. The van der Waals surface area contributed by atoms with E-state index >= 15 is 0 Å². The summed E-state index contributed by atoms with van der Waals surface area (Å²) < 4.78 is 6.43. The third-order valence-electron chi connectivity index (χ3n) is 2.33. The quantitative estimate of drug-likeness (QED) is 0.789. The summed E-state index contributed by atoms with van der Waals surface area (Å²) in [4.78, 5) is 22.4. The Morgan fingerprint density at radius 3 is 2.75 bits per heavy atom. The zero-order valence-electron chi connectivity index (χ0n) is 9.40. The van der Waals surface area contributed by atoms with Crippen molar-refractivity contribution in [2.75, 3.05) is 13.7 Å². The molecule has 0 saturated heterocycles. The van der Waals surface area contributed by atoms with E-state index in [9.17, 15) is 9.59 Å². The average molecular weight is 225 g/mol. The van der Waals surface area contributed by atoms with Gasteiger partial charge in [-0.15, -0.1) is 0 Å². The van der Waals surface area contributed by atoms with Crippen LogP contribution in [0.15, 0.2) is 16.9 Å². The molecule has 0 aliphatic carbocycles. The second-order valence-corrected chi connectivity index (χ2v) is 3.52. The van der Waals surface area contributed by atoms with E-state index in [1.807, 2.05) is 6.92 Å². The minimum Gasteiger partial charge on any atom is -0.481 e. The standard InChI is InChI=1S/C11H15NO4/c1-8-3-4-9(7-10(13)14)11(15)12(8)5-6-16-2/h3-4H,5-7H2,1-2H3,(H,13,14). The number of carboxylic acids is 1. The van der Waals surface area contributed by atoms with Gasteiger partial charge in [0.25, 0.3) is 5.56 Å². The maximum absolute atomic E-state index is 11.9. The van der Waals surface area contributed by atoms with Crippen LogP contribution in [-0.2, 0) is 22.5 Å². The summed E-state index contributed by atoms with van der Waals surface area (Å²) in [6.45, 7) is 2.67. The highest BCUT2D eigenvalue weighted by Crippen LogP contribution is 1.99. The summed E-state index contributed by atoms with van der Waals surface area (Å²) in [6.07, 6.45) is -0.244. The number of rotatable bonds is 5. The van der Waals surface area contributed by atoms with Crippen LogP contribution in [0.3, 0.4) is 0 Å². The van der Waals surface area contributed by atoms with E-state index in [-0.39, 0.29) is 12.0 Å². The fourth-order valence-electron chi connectivity index (χ4n) is 1.47. The first-order valence-electron chi connectivity index (χ1n) is 4.96. The Hall–Kier alpha value is -1.62. The van der Waals surface area contributed by atoms with Crippen molar-refractivity contribution in [3.63, 3.8) is 0 Å². The van der Waals surface area contributed by atoms with E-state index in [4.69, 9.17) is 9.84 Å². The number of ether oxygens (including phenoxy) is 1. The van der Waals surface area contributed by atoms with Gasteiger partial charge in [-0.3, -0.25) is 9.59 Å². The van der Waals surface area contributed by atoms with Gasteiger partial charge in [0.15, 0.2) is 0 Å². The zero-order valence-corrected chi connectivity index (χ0v) is 9.40. The highest BCUT2D eigenvalue weighted by molar-refractivity contribution is 5.69. The minimum absolute atomic E-state index is 0.244. The van der Waals surface area contributed by atoms with Crippen LogP contribution in [0.5, 0.6) is 0 Å². The molecule has 0 aliphatic rings. The highest BCUT2D eigenvalue weighted by Gasteiger charge is 2.09. The molecule has 1 aromatic heterocycles. The Balaban J connectivity index is 3.06. The summed E-state index contributed by atoms with van der Waals surface area (Å²) >= 11 is 0. The Morgan fingerprint density at radius 1 is 1.50 bits per heavy atom. The van der Waals surface area contributed by atoms with E-state index in [1.54, 1.807) is 19.2 Å². The molecule has 1 aromatic rings. The van der Waals surface area contributed by atoms with Crippen LogP contribution < -0.4 is 5.56 Å². The average Bonchev–Trinajstić information content (AvgIpc) is 2.22. The van der Waals surface area contributed by atoms with Crippen molar-refractivity contribution in [3.05, 3.63) is 33.7 Å². The molecule has 0 aliphatic heterocycles. The molecule has 0 spiro atoms. The molecule has 16 heavy (non-hydrogen) atoms. The molecule has 5 nitrogen and oxygen atoms in total. The molecule has 0 amide bonds. The second-order valence-electron chi connectivity index (χ2n) is 3.52. The maximum Gasteiger partial charge on any atom is 0.308 e. The number of nitrogens with zero attached hydrogens (tertiary/aromatic N) is 1. The van der Waals surface area contributed by atoms with Crippen LogP contribution >= 0.6 is 0 Å². The topological polar surface area (TPSA) is 68.5 Å². The number of carboxylic acid groups (broad SMARTS) is 1. The van der Waals surface area contributed by atoms with Crippen LogP contribution in [0, 0.1) is 6.92 Å². The van der Waals surface area contributed by atoms with Gasteiger partial charge in [-0.25, -0.2) is 0 Å². The molecule has 0 bridgehead atoms. The number of methoxy groups -OCH3 is 1. The number of aryl methyl sites for hydroxylation is 1. The number of aromatic nitrogens is 1. The lowest BCUT2D eigenvalue weighted by Crippen LogP contribution is -2.28. The lowest BCUT2D eigenvalue weighted by atomic mass is 10.2. The van der Waals surface area contributed by atoms with Crippen LogP contribution in [0.25, 0.3) is 0 Å². The number of aliphatic carboxylic acids is 1. The van der Waals surface area contributed by atoms with E-state index in [1.165, 1.54) is 4.57 Å². The molecule has 88 valence electrons. The van der Waals surface area contributed by atoms with Gasteiger partial charge in [-0.05, 0) is 13.0 Å². The number of pyridine rings is 1. The lowest BCUT2D eigenvalue weighted by Gasteiger charge is -2.10. The van der Waals surface area contributed by atoms with Crippen LogP contribution in [0.2, 0.25) is 0 Å². The predicted octanol–water partition coefficient (Wildman–Crippen LogP) is 0.430. The Bertz CT molecular complexity index is 436. The Labute approximate surface area is 93.3 Å². The molecule has 0 unspecified atom stereocenters. The molecule has 0 aromatic carbocycles. The first kappa shape index (κ1) is 12.4.